The highest BCUT2D eigenvalue weighted by molar-refractivity contribution is 5.68. The van der Waals surface area contributed by atoms with Crippen molar-refractivity contribution < 1.29 is 13.2 Å². The lowest BCUT2D eigenvalue weighted by molar-refractivity contribution is 0.602. The van der Waals surface area contributed by atoms with Crippen molar-refractivity contribution in [1.82, 2.24) is 5.32 Å². The Bertz CT molecular complexity index is 567. The van der Waals surface area contributed by atoms with Gasteiger partial charge < -0.3 is 5.32 Å². The number of nitrogens with one attached hydrogen (secondary N) is 1. The molecule has 0 saturated carbocycles. The van der Waals surface area contributed by atoms with Crippen molar-refractivity contribution in [1.29, 1.82) is 0 Å². The lowest BCUT2D eigenvalue weighted by atomic mass is 9.99. The molecule has 2 rings (SSSR count). The molecule has 0 bridgehead atoms. The normalized spacial score (nSPS) is 10.7. The van der Waals surface area contributed by atoms with Crippen molar-refractivity contribution in [2.24, 2.45) is 0 Å². The maximum Gasteiger partial charge on any atom is 0.131 e. The summed E-state index contributed by atoms with van der Waals surface area (Å²) in [6, 6.07) is 7.24. The zero-order valence-corrected chi connectivity index (χ0v) is 9.81. The van der Waals surface area contributed by atoms with Crippen molar-refractivity contribution in [3.05, 3.63) is 59.4 Å². The second kappa shape index (κ2) is 5.23. The van der Waals surface area contributed by atoms with Crippen molar-refractivity contribution in [2.75, 3.05) is 7.05 Å². The van der Waals surface area contributed by atoms with Crippen LogP contribution in [0.3, 0.4) is 0 Å². The largest absolute Gasteiger partial charge is 0.316 e. The van der Waals surface area contributed by atoms with Crippen LogP contribution in [0.4, 0.5) is 13.2 Å². The fraction of sp³-hybridized carbons (Fsp3) is 0.143. The van der Waals surface area contributed by atoms with E-state index in [9.17, 15) is 13.2 Å². The Balaban J connectivity index is 2.58. The van der Waals surface area contributed by atoms with E-state index in [0.29, 0.717) is 17.7 Å². The molecule has 4 heteroatoms. The van der Waals surface area contributed by atoms with E-state index in [4.69, 9.17) is 0 Å². The molecule has 1 N–H and O–H groups in total. The summed E-state index contributed by atoms with van der Waals surface area (Å²) in [6.07, 6.45) is 0. The SMILES string of the molecule is CNCc1cc(F)ccc1-c1cc(F)ccc1F. The van der Waals surface area contributed by atoms with Crippen LogP contribution in [-0.2, 0) is 6.54 Å². The Morgan fingerprint density at radius 3 is 2.28 bits per heavy atom. The summed E-state index contributed by atoms with van der Waals surface area (Å²) in [5.41, 5.74) is 1.21. The number of hydrogen-bond acceptors (Lipinski definition) is 1. The van der Waals surface area contributed by atoms with Crippen LogP contribution in [-0.4, -0.2) is 7.05 Å². The van der Waals surface area contributed by atoms with Gasteiger partial charge in [-0.3, -0.25) is 0 Å². The fourth-order valence-corrected chi connectivity index (χ4v) is 1.87. The summed E-state index contributed by atoms with van der Waals surface area (Å²) in [4.78, 5) is 0. The molecule has 2 aromatic carbocycles. The van der Waals surface area contributed by atoms with Gasteiger partial charge in [-0.15, -0.1) is 0 Å². The molecule has 2 aromatic rings. The summed E-state index contributed by atoms with van der Waals surface area (Å²) in [5.74, 6) is -1.45. The quantitative estimate of drug-likeness (QED) is 0.880. The minimum atomic E-state index is -0.527. The van der Waals surface area contributed by atoms with Gasteiger partial charge in [-0.1, -0.05) is 6.07 Å². The van der Waals surface area contributed by atoms with E-state index >= 15 is 0 Å². The van der Waals surface area contributed by atoms with Gasteiger partial charge in [0.05, 0.1) is 0 Å². The van der Waals surface area contributed by atoms with Gasteiger partial charge in [0, 0.05) is 12.1 Å². The molecular formula is C14H12F3N. The van der Waals surface area contributed by atoms with Gasteiger partial charge in [0.25, 0.3) is 0 Å². The molecule has 0 aliphatic rings. The zero-order valence-electron chi connectivity index (χ0n) is 9.81. The van der Waals surface area contributed by atoms with Gasteiger partial charge in [0.2, 0.25) is 0 Å². The Hall–Kier alpha value is -1.81. The second-order valence-electron chi connectivity index (χ2n) is 3.96. The fourth-order valence-electron chi connectivity index (χ4n) is 1.87. The summed E-state index contributed by atoms with van der Waals surface area (Å²) in [7, 11) is 1.70. The third-order valence-electron chi connectivity index (χ3n) is 2.65. The van der Waals surface area contributed by atoms with Crippen molar-refractivity contribution in [2.45, 2.75) is 6.54 Å². The number of hydrogen-bond donors (Lipinski definition) is 1. The number of benzene rings is 2. The van der Waals surface area contributed by atoms with Gasteiger partial charge in [0.15, 0.2) is 0 Å². The first-order chi connectivity index (χ1) is 8.61. The van der Waals surface area contributed by atoms with Crippen molar-refractivity contribution in [3.8, 4) is 11.1 Å². The smallest absolute Gasteiger partial charge is 0.131 e. The van der Waals surface area contributed by atoms with Crippen molar-refractivity contribution >= 4 is 0 Å². The summed E-state index contributed by atoms with van der Waals surface area (Å²) < 4.78 is 40.0. The maximum absolute atomic E-state index is 13.7. The Morgan fingerprint density at radius 1 is 0.889 bits per heavy atom. The van der Waals surface area contributed by atoms with Crippen LogP contribution in [0.15, 0.2) is 36.4 Å². The molecule has 1 nitrogen and oxygen atoms in total. The van der Waals surface area contributed by atoms with Crippen LogP contribution in [0.2, 0.25) is 0 Å². The Labute approximate surface area is 103 Å². The number of rotatable bonds is 3. The first kappa shape index (κ1) is 12.6. The first-order valence-corrected chi connectivity index (χ1v) is 5.50. The monoisotopic (exact) mass is 251 g/mol. The van der Waals surface area contributed by atoms with E-state index in [2.05, 4.69) is 5.32 Å². The molecule has 94 valence electrons. The van der Waals surface area contributed by atoms with E-state index in [1.165, 1.54) is 18.2 Å². The molecule has 0 heterocycles. The van der Waals surface area contributed by atoms with Crippen LogP contribution in [0.5, 0.6) is 0 Å². The molecule has 0 aliphatic carbocycles. The highest BCUT2D eigenvalue weighted by atomic mass is 19.1. The third-order valence-corrected chi connectivity index (χ3v) is 2.65. The first-order valence-electron chi connectivity index (χ1n) is 5.50. The average molecular weight is 251 g/mol. The highest BCUT2D eigenvalue weighted by Crippen LogP contribution is 2.27. The summed E-state index contributed by atoms with van der Waals surface area (Å²) in [5, 5.41) is 2.87. The lowest BCUT2D eigenvalue weighted by Crippen LogP contribution is -2.07. The third kappa shape index (κ3) is 2.54. The van der Waals surface area contributed by atoms with Crippen LogP contribution in [0.25, 0.3) is 11.1 Å². The molecule has 0 fully saturated rings. The van der Waals surface area contributed by atoms with Crippen LogP contribution < -0.4 is 5.32 Å². The minimum Gasteiger partial charge on any atom is -0.316 e. The Kier molecular flexibility index (Phi) is 3.67. The van der Waals surface area contributed by atoms with Crippen molar-refractivity contribution in [3.63, 3.8) is 0 Å². The van der Waals surface area contributed by atoms with Crippen LogP contribution in [0.1, 0.15) is 5.56 Å². The summed E-state index contributed by atoms with van der Waals surface area (Å²) >= 11 is 0. The number of halogens is 3. The molecule has 0 aromatic heterocycles. The van der Waals surface area contributed by atoms with Crippen LogP contribution in [0, 0.1) is 17.5 Å². The molecule has 0 aliphatic heterocycles. The minimum absolute atomic E-state index is 0.139. The molecule has 0 radical (unpaired) electrons. The van der Waals surface area contributed by atoms with Gasteiger partial charge in [-0.05, 0) is 48.5 Å². The van der Waals surface area contributed by atoms with E-state index in [0.717, 1.165) is 18.2 Å². The maximum atomic E-state index is 13.7. The molecule has 0 unspecified atom stereocenters. The molecule has 0 atom stereocenters. The molecule has 0 saturated heterocycles. The summed E-state index contributed by atoms with van der Waals surface area (Å²) in [6.45, 7) is 0.378. The predicted molar refractivity (Wildman–Crippen MR) is 64.5 cm³/mol. The zero-order chi connectivity index (χ0) is 13.1. The van der Waals surface area contributed by atoms with Gasteiger partial charge in [-0.2, -0.15) is 0 Å². The van der Waals surface area contributed by atoms with E-state index in [1.54, 1.807) is 7.05 Å². The predicted octanol–water partition coefficient (Wildman–Crippen LogP) is 3.49. The molecule has 0 spiro atoms. The van der Waals surface area contributed by atoms with Gasteiger partial charge >= 0.3 is 0 Å². The van der Waals surface area contributed by atoms with Crippen LogP contribution >= 0.6 is 0 Å². The van der Waals surface area contributed by atoms with Gasteiger partial charge in [0.1, 0.15) is 17.5 Å². The van der Waals surface area contributed by atoms with E-state index < -0.39 is 17.5 Å². The molecule has 18 heavy (non-hydrogen) atoms. The molecule has 0 amide bonds. The standard InChI is InChI=1S/C14H12F3N/c1-18-8-9-6-10(15)2-4-12(9)13-7-11(16)3-5-14(13)17/h2-7,18H,8H2,1H3. The Morgan fingerprint density at radius 2 is 1.56 bits per heavy atom. The highest BCUT2D eigenvalue weighted by Gasteiger charge is 2.11. The second-order valence-corrected chi connectivity index (χ2v) is 3.96. The average Bonchev–Trinajstić information content (AvgIpc) is 2.33. The van der Waals surface area contributed by atoms with E-state index in [-0.39, 0.29) is 5.56 Å². The van der Waals surface area contributed by atoms with E-state index in [1.807, 2.05) is 0 Å². The topological polar surface area (TPSA) is 12.0 Å². The molecular weight excluding hydrogens is 239 g/mol. The lowest BCUT2D eigenvalue weighted by Gasteiger charge is -2.10. The van der Waals surface area contributed by atoms with Gasteiger partial charge in [-0.25, -0.2) is 13.2 Å².